The minimum Gasteiger partial charge on any atom is -0.456 e. The molecule has 0 saturated carbocycles. The Bertz CT molecular complexity index is 2850. The molecule has 0 fully saturated rings. The lowest BCUT2D eigenvalue weighted by molar-refractivity contribution is 0.669. The van der Waals surface area contributed by atoms with E-state index in [-0.39, 0.29) is 0 Å². The predicted molar refractivity (Wildman–Crippen MR) is 199 cm³/mol. The Morgan fingerprint density at radius 1 is 0.417 bits per heavy atom. The van der Waals surface area contributed by atoms with Crippen molar-refractivity contribution >= 4 is 64.2 Å². The number of rotatable bonds is 4. The maximum Gasteiger partial charge on any atom is 0.164 e. The van der Waals surface area contributed by atoms with Crippen molar-refractivity contribution in [1.82, 2.24) is 15.0 Å². The van der Waals surface area contributed by atoms with Crippen LogP contribution >= 0.6 is 11.3 Å². The van der Waals surface area contributed by atoms with Crippen molar-refractivity contribution in [2.75, 3.05) is 0 Å². The number of thiophene rings is 1. The number of furan rings is 1. The molecule has 10 aromatic rings. The monoisotopic (exact) mass is 631 g/mol. The van der Waals surface area contributed by atoms with Crippen LogP contribution in [0.25, 0.3) is 98.2 Å². The molecule has 48 heavy (non-hydrogen) atoms. The molecule has 0 atom stereocenters. The first kappa shape index (κ1) is 27.0. The highest BCUT2D eigenvalue weighted by Crippen LogP contribution is 2.45. The Labute approximate surface area is 279 Å². The minimum atomic E-state index is 0.611. The van der Waals surface area contributed by atoms with Crippen LogP contribution in [-0.4, -0.2) is 15.0 Å². The fourth-order valence-corrected chi connectivity index (χ4v) is 8.16. The van der Waals surface area contributed by atoms with E-state index >= 15 is 0 Å². The SMILES string of the molecule is c1ccc(-c2ccc(-c3nc(-c4ccc5ccccc5c4)nc(-c4cccc5oc6ccccc6c45)n3)c3c2sc2ccccc23)cc1. The van der Waals surface area contributed by atoms with Crippen LogP contribution in [0, 0.1) is 0 Å². The summed E-state index contributed by atoms with van der Waals surface area (Å²) in [4.78, 5) is 15.7. The fraction of sp³-hybridized carbons (Fsp3) is 0. The molecule has 0 aliphatic rings. The topological polar surface area (TPSA) is 51.8 Å². The molecule has 0 amide bonds. The molecular weight excluding hydrogens is 607 g/mol. The lowest BCUT2D eigenvalue weighted by Crippen LogP contribution is -2.01. The van der Waals surface area contributed by atoms with Crippen LogP contribution in [-0.2, 0) is 0 Å². The molecule has 224 valence electrons. The van der Waals surface area contributed by atoms with Crippen LogP contribution in [0.2, 0.25) is 0 Å². The van der Waals surface area contributed by atoms with Gasteiger partial charge in [0.1, 0.15) is 11.2 Å². The van der Waals surface area contributed by atoms with Crippen molar-refractivity contribution in [2.24, 2.45) is 0 Å². The summed E-state index contributed by atoms with van der Waals surface area (Å²) in [6, 6.07) is 52.6. The van der Waals surface area contributed by atoms with Gasteiger partial charge in [0.15, 0.2) is 17.5 Å². The van der Waals surface area contributed by atoms with Crippen LogP contribution in [0.5, 0.6) is 0 Å². The summed E-state index contributed by atoms with van der Waals surface area (Å²) in [7, 11) is 0. The van der Waals surface area contributed by atoms with Crippen molar-refractivity contribution in [3.63, 3.8) is 0 Å². The molecule has 0 saturated heterocycles. The molecule has 10 rings (SSSR count). The fourth-order valence-electron chi connectivity index (χ4n) is 6.89. The predicted octanol–water partition coefficient (Wildman–Crippen LogP) is 12.0. The van der Waals surface area contributed by atoms with E-state index in [1.54, 1.807) is 0 Å². The van der Waals surface area contributed by atoms with E-state index in [9.17, 15) is 0 Å². The Balaban J connectivity index is 1.29. The lowest BCUT2D eigenvalue weighted by atomic mass is 9.98. The molecule has 4 nitrogen and oxygen atoms in total. The van der Waals surface area contributed by atoms with E-state index in [1.807, 2.05) is 41.7 Å². The number of hydrogen-bond acceptors (Lipinski definition) is 5. The number of benzene rings is 7. The minimum absolute atomic E-state index is 0.611. The Morgan fingerprint density at radius 3 is 1.96 bits per heavy atom. The van der Waals surface area contributed by atoms with E-state index in [2.05, 4.69) is 121 Å². The number of aromatic nitrogens is 3. The molecule has 0 spiro atoms. The third-order valence-electron chi connectivity index (χ3n) is 9.14. The normalized spacial score (nSPS) is 11.8. The van der Waals surface area contributed by atoms with E-state index in [0.717, 1.165) is 49.4 Å². The maximum absolute atomic E-state index is 6.27. The van der Waals surface area contributed by atoms with Gasteiger partial charge in [-0.3, -0.25) is 0 Å². The Morgan fingerprint density at radius 2 is 1.08 bits per heavy atom. The van der Waals surface area contributed by atoms with E-state index in [0.29, 0.717) is 17.5 Å². The molecule has 0 unspecified atom stereocenters. The van der Waals surface area contributed by atoms with Crippen LogP contribution in [0.15, 0.2) is 156 Å². The summed E-state index contributed by atoms with van der Waals surface area (Å²) < 4.78 is 8.73. The first-order chi connectivity index (χ1) is 23.8. The van der Waals surface area contributed by atoms with Gasteiger partial charge >= 0.3 is 0 Å². The van der Waals surface area contributed by atoms with Crippen LogP contribution in [0.4, 0.5) is 0 Å². The smallest absolute Gasteiger partial charge is 0.164 e. The summed E-state index contributed by atoms with van der Waals surface area (Å²) in [5.41, 5.74) is 6.87. The van der Waals surface area contributed by atoms with Crippen molar-refractivity contribution in [3.05, 3.63) is 152 Å². The number of hydrogen-bond donors (Lipinski definition) is 0. The highest BCUT2D eigenvalue weighted by Gasteiger charge is 2.21. The lowest BCUT2D eigenvalue weighted by Gasteiger charge is -2.12. The van der Waals surface area contributed by atoms with Crippen molar-refractivity contribution in [2.45, 2.75) is 0 Å². The standard InChI is InChI=1S/C43H25N3OS/c1-2-12-27(13-3-1)30-23-24-34(39-32-16-7-9-20-37(32)48-40(30)39)43-45-41(29-22-21-26-11-4-5-14-28(26)25-29)44-42(46-43)33-17-10-19-36-38(33)31-15-6-8-18-35(31)47-36/h1-25H. The molecule has 0 radical (unpaired) electrons. The van der Waals surface area contributed by atoms with E-state index < -0.39 is 0 Å². The number of fused-ring (bicyclic) bond motifs is 7. The molecule has 3 heterocycles. The Kier molecular flexibility index (Phi) is 6.01. The third-order valence-corrected chi connectivity index (χ3v) is 10.3. The van der Waals surface area contributed by atoms with Crippen LogP contribution < -0.4 is 0 Å². The second kappa shape index (κ2) is 10.7. The summed E-state index contributed by atoms with van der Waals surface area (Å²) in [6.07, 6.45) is 0. The van der Waals surface area contributed by atoms with Crippen LogP contribution in [0.1, 0.15) is 0 Å². The van der Waals surface area contributed by atoms with Gasteiger partial charge in [-0.25, -0.2) is 15.0 Å². The average Bonchev–Trinajstić information content (AvgIpc) is 3.74. The zero-order valence-electron chi connectivity index (χ0n) is 25.6. The summed E-state index contributed by atoms with van der Waals surface area (Å²) in [6.45, 7) is 0. The molecule has 3 aromatic heterocycles. The number of para-hydroxylation sites is 1. The maximum atomic E-state index is 6.27. The van der Waals surface area contributed by atoms with Gasteiger partial charge in [-0.05, 0) is 52.2 Å². The second-order valence-electron chi connectivity index (χ2n) is 12.0. The molecule has 0 aliphatic heterocycles. The second-order valence-corrected chi connectivity index (χ2v) is 13.0. The summed E-state index contributed by atoms with van der Waals surface area (Å²) >= 11 is 1.82. The van der Waals surface area contributed by atoms with Gasteiger partial charge in [0.25, 0.3) is 0 Å². The van der Waals surface area contributed by atoms with Crippen LogP contribution in [0.3, 0.4) is 0 Å². The zero-order valence-corrected chi connectivity index (χ0v) is 26.4. The molecule has 0 aliphatic carbocycles. The third kappa shape index (κ3) is 4.25. The van der Waals surface area contributed by atoms with Gasteiger partial charge in [0, 0.05) is 47.6 Å². The molecular formula is C43H25N3OS. The largest absolute Gasteiger partial charge is 0.456 e. The number of nitrogens with zero attached hydrogens (tertiary/aromatic N) is 3. The van der Waals surface area contributed by atoms with Gasteiger partial charge in [-0.2, -0.15) is 0 Å². The van der Waals surface area contributed by atoms with Crippen molar-refractivity contribution in [3.8, 4) is 45.3 Å². The molecule has 0 N–H and O–H groups in total. The van der Waals surface area contributed by atoms with Gasteiger partial charge < -0.3 is 4.42 Å². The quantitative estimate of drug-likeness (QED) is 0.194. The first-order valence-electron chi connectivity index (χ1n) is 15.9. The van der Waals surface area contributed by atoms with Gasteiger partial charge in [0.2, 0.25) is 0 Å². The summed E-state index contributed by atoms with van der Waals surface area (Å²) in [5.74, 6) is 1.88. The van der Waals surface area contributed by atoms with E-state index in [4.69, 9.17) is 19.4 Å². The van der Waals surface area contributed by atoms with Gasteiger partial charge in [-0.15, -0.1) is 11.3 Å². The summed E-state index contributed by atoms with van der Waals surface area (Å²) in [5, 5.41) is 6.71. The van der Waals surface area contributed by atoms with Crippen molar-refractivity contribution in [1.29, 1.82) is 0 Å². The van der Waals surface area contributed by atoms with E-state index in [1.165, 1.54) is 31.3 Å². The Hall–Kier alpha value is -6.17. The zero-order chi connectivity index (χ0) is 31.6. The first-order valence-corrected chi connectivity index (χ1v) is 16.8. The highest BCUT2D eigenvalue weighted by atomic mass is 32.1. The van der Waals surface area contributed by atoms with Gasteiger partial charge in [-0.1, -0.05) is 121 Å². The molecule has 0 bridgehead atoms. The highest BCUT2D eigenvalue weighted by molar-refractivity contribution is 7.26. The molecule has 5 heteroatoms. The average molecular weight is 632 g/mol. The van der Waals surface area contributed by atoms with Gasteiger partial charge in [0.05, 0.1) is 0 Å². The van der Waals surface area contributed by atoms with Crippen molar-refractivity contribution < 1.29 is 4.42 Å². The molecule has 7 aromatic carbocycles.